The number of rotatable bonds is 4. The van der Waals surface area contributed by atoms with Crippen LogP contribution < -0.4 is 4.74 Å². The van der Waals surface area contributed by atoms with Crippen LogP contribution in [0.2, 0.25) is 5.02 Å². The second kappa shape index (κ2) is 5.68. The minimum absolute atomic E-state index is 0.216. The molecule has 0 saturated heterocycles. The van der Waals surface area contributed by atoms with E-state index in [0.717, 1.165) is 0 Å². The van der Waals surface area contributed by atoms with Gasteiger partial charge in [0.25, 0.3) is 0 Å². The molecule has 75 valence electrons. The van der Waals surface area contributed by atoms with E-state index in [1.165, 1.54) is 6.08 Å². The zero-order valence-electron chi connectivity index (χ0n) is 7.69. The molecule has 1 N–H and O–H groups in total. The largest absolute Gasteiger partial charge is 0.491 e. The van der Waals surface area contributed by atoms with Crippen molar-refractivity contribution in [2.75, 3.05) is 6.61 Å². The Hall–Kier alpha value is -0.990. The minimum Gasteiger partial charge on any atom is -0.491 e. The summed E-state index contributed by atoms with van der Waals surface area (Å²) in [5.74, 6) is 0.686. The summed E-state index contributed by atoms with van der Waals surface area (Å²) in [6, 6.07) is 6.98. The Morgan fingerprint density at radius 3 is 2.64 bits per heavy atom. The van der Waals surface area contributed by atoms with Gasteiger partial charge in [0.2, 0.25) is 0 Å². The van der Waals surface area contributed by atoms with Crippen molar-refractivity contribution in [3.63, 3.8) is 0 Å². The summed E-state index contributed by atoms with van der Waals surface area (Å²) in [5, 5.41) is 9.95. The van der Waals surface area contributed by atoms with Crippen molar-refractivity contribution in [1.29, 1.82) is 0 Å². The number of halogens is 1. The average Bonchev–Trinajstić information content (AvgIpc) is 2.17. The molecule has 0 aliphatic carbocycles. The van der Waals surface area contributed by atoms with Gasteiger partial charge >= 0.3 is 0 Å². The molecule has 0 saturated carbocycles. The van der Waals surface area contributed by atoms with E-state index < -0.39 is 6.10 Å². The lowest BCUT2D eigenvalue weighted by Crippen LogP contribution is -2.14. The van der Waals surface area contributed by atoms with E-state index in [1.54, 1.807) is 30.3 Å². The number of allylic oxidation sites excluding steroid dienone is 1. The molecule has 0 amide bonds. The van der Waals surface area contributed by atoms with Gasteiger partial charge in [-0.05, 0) is 31.2 Å². The van der Waals surface area contributed by atoms with Gasteiger partial charge < -0.3 is 9.84 Å². The molecule has 0 bridgehead atoms. The van der Waals surface area contributed by atoms with Gasteiger partial charge in [-0.3, -0.25) is 0 Å². The lowest BCUT2D eigenvalue weighted by atomic mass is 10.3. The highest BCUT2D eigenvalue weighted by Gasteiger charge is 1.99. The van der Waals surface area contributed by atoms with E-state index in [1.807, 2.05) is 0 Å². The van der Waals surface area contributed by atoms with Gasteiger partial charge in [-0.15, -0.1) is 0 Å². The van der Waals surface area contributed by atoms with Crippen LogP contribution in [0.15, 0.2) is 36.4 Å². The predicted octanol–water partition coefficient (Wildman–Crippen LogP) is 2.47. The topological polar surface area (TPSA) is 29.5 Å². The third-order valence-electron chi connectivity index (χ3n) is 1.59. The number of benzene rings is 1. The molecule has 1 aromatic rings. The van der Waals surface area contributed by atoms with Crippen LogP contribution in [0.4, 0.5) is 0 Å². The van der Waals surface area contributed by atoms with E-state index >= 15 is 0 Å². The zero-order chi connectivity index (χ0) is 10.4. The van der Waals surface area contributed by atoms with Crippen molar-refractivity contribution in [2.24, 2.45) is 0 Å². The van der Waals surface area contributed by atoms with Crippen molar-refractivity contribution in [2.45, 2.75) is 6.10 Å². The van der Waals surface area contributed by atoms with Crippen LogP contribution in [0.3, 0.4) is 0 Å². The fourth-order valence-electron chi connectivity index (χ4n) is 0.925. The maximum Gasteiger partial charge on any atom is 0.119 e. The first-order valence-electron chi connectivity index (χ1n) is 4.24. The Morgan fingerprint density at radius 2 is 2.07 bits per heavy atom. The number of hydrogen-bond acceptors (Lipinski definition) is 2. The molecule has 0 spiro atoms. The normalized spacial score (nSPS) is 13.1. The summed E-state index contributed by atoms with van der Waals surface area (Å²) in [6.45, 7) is 3.69. The Morgan fingerprint density at radius 1 is 1.43 bits per heavy atom. The van der Waals surface area contributed by atoms with E-state index in [2.05, 4.69) is 6.92 Å². The number of ether oxygens (including phenoxy) is 1. The van der Waals surface area contributed by atoms with Crippen molar-refractivity contribution in [3.05, 3.63) is 48.4 Å². The first-order chi connectivity index (χ1) is 6.72. The van der Waals surface area contributed by atoms with Gasteiger partial charge in [-0.1, -0.05) is 23.8 Å². The second-order valence-electron chi connectivity index (χ2n) is 2.76. The Bertz CT molecular complexity index is 293. The van der Waals surface area contributed by atoms with Gasteiger partial charge in [0.05, 0.1) is 0 Å². The van der Waals surface area contributed by atoms with E-state index in [0.29, 0.717) is 10.8 Å². The monoisotopic (exact) mass is 211 g/mol. The summed E-state index contributed by atoms with van der Waals surface area (Å²) in [7, 11) is 0. The van der Waals surface area contributed by atoms with E-state index in [9.17, 15) is 5.11 Å². The third kappa shape index (κ3) is 3.81. The first kappa shape index (κ1) is 11.1. The molecule has 1 aromatic carbocycles. The lowest BCUT2D eigenvalue weighted by molar-refractivity contribution is 0.144. The molecule has 1 atom stereocenters. The number of aliphatic hydroxyl groups is 1. The van der Waals surface area contributed by atoms with Crippen molar-refractivity contribution in [1.82, 2.24) is 0 Å². The van der Waals surface area contributed by atoms with Crippen molar-refractivity contribution in [3.8, 4) is 5.75 Å². The van der Waals surface area contributed by atoms with Crippen LogP contribution in [0.5, 0.6) is 5.75 Å². The standard InChI is InChI=1S/C11H12ClO2/c1-2-3-10(13)8-14-11-6-4-9(12)5-7-11/h2-7,10,13H,1,8H2/b3-2+. The summed E-state index contributed by atoms with van der Waals surface area (Å²) in [4.78, 5) is 0. The third-order valence-corrected chi connectivity index (χ3v) is 1.84. The second-order valence-corrected chi connectivity index (χ2v) is 3.20. The molecule has 14 heavy (non-hydrogen) atoms. The SMILES string of the molecule is [CH2]/C=C/C(O)COc1ccc(Cl)cc1. The van der Waals surface area contributed by atoms with Crippen LogP contribution in [0.25, 0.3) is 0 Å². The van der Waals surface area contributed by atoms with Gasteiger partial charge in [0, 0.05) is 5.02 Å². The highest BCUT2D eigenvalue weighted by atomic mass is 35.5. The molecule has 0 fully saturated rings. The fourth-order valence-corrected chi connectivity index (χ4v) is 1.05. The number of hydrogen-bond donors (Lipinski definition) is 1. The minimum atomic E-state index is -0.622. The van der Waals surface area contributed by atoms with E-state index in [4.69, 9.17) is 16.3 Å². The zero-order valence-corrected chi connectivity index (χ0v) is 8.45. The molecule has 0 heterocycles. The molecule has 2 nitrogen and oxygen atoms in total. The van der Waals surface area contributed by atoms with Crippen LogP contribution >= 0.6 is 11.6 Å². The van der Waals surface area contributed by atoms with Crippen LogP contribution in [-0.2, 0) is 0 Å². The Labute approximate surface area is 88.8 Å². The van der Waals surface area contributed by atoms with E-state index in [-0.39, 0.29) is 6.61 Å². The number of aliphatic hydroxyl groups excluding tert-OH is 1. The van der Waals surface area contributed by atoms with Gasteiger partial charge in [0.1, 0.15) is 18.5 Å². The molecule has 1 rings (SSSR count). The van der Waals surface area contributed by atoms with Crippen molar-refractivity contribution >= 4 is 11.6 Å². The maximum absolute atomic E-state index is 9.29. The van der Waals surface area contributed by atoms with Gasteiger partial charge in [0.15, 0.2) is 0 Å². The molecule has 0 aliphatic rings. The molecule has 1 unspecified atom stereocenters. The molecule has 0 aliphatic heterocycles. The molecular weight excluding hydrogens is 200 g/mol. The summed E-state index contributed by atoms with van der Waals surface area (Å²) < 4.78 is 5.29. The van der Waals surface area contributed by atoms with Gasteiger partial charge in [-0.2, -0.15) is 0 Å². The Balaban J connectivity index is 2.42. The predicted molar refractivity (Wildman–Crippen MR) is 57.5 cm³/mol. The molecule has 3 heteroatoms. The lowest BCUT2D eigenvalue weighted by Gasteiger charge is -2.08. The quantitative estimate of drug-likeness (QED) is 0.829. The van der Waals surface area contributed by atoms with Gasteiger partial charge in [-0.25, -0.2) is 0 Å². The Kier molecular flexibility index (Phi) is 4.50. The smallest absolute Gasteiger partial charge is 0.119 e. The summed E-state index contributed by atoms with van der Waals surface area (Å²) in [6.07, 6.45) is 2.48. The highest BCUT2D eigenvalue weighted by Crippen LogP contribution is 2.15. The average molecular weight is 212 g/mol. The van der Waals surface area contributed by atoms with Crippen LogP contribution in [0, 0.1) is 6.92 Å². The first-order valence-corrected chi connectivity index (χ1v) is 4.62. The molecular formula is C11H12ClO2. The van der Waals surface area contributed by atoms with Crippen LogP contribution in [-0.4, -0.2) is 17.8 Å². The molecule has 1 radical (unpaired) electrons. The summed E-state index contributed by atoms with van der Waals surface area (Å²) >= 11 is 5.70. The maximum atomic E-state index is 9.29. The summed E-state index contributed by atoms with van der Waals surface area (Å²) in [5.41, 5.74) is 0. The van der Waals surface area contributed by atoms with Crippen molar-refractivity contribution < 1.29 is 9.84 Å². The highest BCUT2D eigenvalue weighted by molar-refractivity contribution is 6.30. The fraction of sp³-hybridized carbons (Fsp3) is 0.182. The van der Waals surface area contributed by atoms with Crippen LogP contribution in [0.1, 0.15) is 0 Å². The molecule has 0 aromatic heterocycles.